The Morgan fingerprint density at radius 1 is 0.508 bits per heavy atom. The lowest BCUT2D eigenvalue weighted by Crippen LogP contribution is -2.50. The molecule has 0 aromatic carbocycles. The molecule has 378 valence electrons. The van der Waals surface area contributed by atoms with Crippen molar-refractivity contribution in [3.8, 4) is 0 Å². The van der Waals surface area contributed by atoms with E-state index in [2.05, 4.69) is 58.8 Å². The van der Waals surface area contributed by atoms with Crippen molar-refractivity contribution in [2.75, 3.05) is 51.8 Å². The molecule has 11 heteroatoms. The van der Waals surface area contributed by atoms with E-state index in [4.69, 9.17) is 22.4 Å². The maximum absolute atomic E-state index is 13.0. The minimum absolute atomic E-state index is 0.000813. The molecular weight excluding hydrogens is 839 g/mol. The summed E-state index contributed by atoms with van der Waals surface area (Å²) in [6.45, 7) is 23.2. The first-order valence-electron chi connectivity index (χ1n) is 27.3. The molecule has 2 unspecified atom stereocenters. The van der Waals surface area contributed by atoms with Gasteiger partial charge in [0.25, 0.3) is 0 Å². The van der Waals surface area contributed by atoms with Crippen LogP contribution in [0.1, 0.15) is 240 Å². The van der Waals surface area contributed by atoms with Crippen LogP contribution in [0, 0.1) is 0 Å². The molecule has 0 radical (unpaired) electrons. The van der Waals surface area contributed by atoms with E-state index in [1.807, 2.05) is 11.8 Å². The van der Waals surface area contributed by atoms with Gasteiger partial charge in [0.2, 0.25) is 0 Å². The largest absolute Gasteiger partial charge is 0.465 e. The van der Waals surface area contributed by atoms with Gasteiger partial charge in [0.15, 0.2) is 0 Å². The molecule has 2 atom stereocenters. The summed E-state index contributed by atoms with van der Waals surface area (Å²) in [6.07, 6.45) is 39.1. The Labute approximate surface area is 399 Å². The first-order valence-corrected chi connectivity index (χ1v) is 34.0. The highest BCUT2D eigenvalue weighted by molar-refractivity contribution is 8.00. The molecule has 0 aromatic rings. The fraction of sp³-hybridized carbons (Fsp3) is 0.981. The van der Waals surface area contributed by atoms with Crippen LogP contribution in [0.25, 0.3) is 0 Å². The van der Waals surface area contributed by atoms with Gasteiger partial charge in [-0.15, -0.1) is 11.8 Å². The van der Waals surface area contributed by atoms with Crippen LogP contribution in [0.2, 0.25) is 26.2 Å². The Balaban J connectivity index is 4.78. The Hall–Kier alpha value is 0.0138. The van der Waals surface area contributed by atoms with Gasteiger partial charge in [-0.05, 0) is 122 Å². The number of aliphatic hydroxyl groups excluding tert-OH is 1. The molecule has 0 saturated carbocycles. The minimum Gasteiger partial charge on any atom is -0.465 e. The predicted octanol–water partition coefficient (Wildman–Crippen LogP) is 15.7. The second kappa shape index (κ2) is 45.8. The Morgan fingerprint density at radius 2 is 0.968 bits per heavy atom. The SMILES string of the molecule is CCCCCCCCCCSC(CCCC)C(=O)OCCCCCCN(CCCCO)CCCCCC(OCCCCCCCC)O[Si](C)(C)O[Si](C)(C)OCCCCCCCC. The number of ether oxygens (including phenoxy) is 2. The lowest BCUT2D eigenvalue weighted by Gasteiger charge is -2.35. The smallest absolute Gasteiger partial charge is 0.324 e. The average Bonchev–Trinajstić information content (AvgIpc) is 3.24. The third-order valence-electron chi connectivity index (χ3n) is 12.0. The standard InChI is InChI=1S/C52H109NO7SSi2/c1-9-13-17-20-23-24-29-39-49-61-50(40-16-12-4)52(55)57-47-37-28-25-32-42-53(44-34-35-45-54)43-33-30-31-41-51(56-46-36-26-21-18-14-10-2)59-63(7,8)60-62(5,6)58-48-38-27-22-19-15-11-3/h50-51,54H,9-49H2,1-8H3. The number of hydrogen-bond acceptors (Lipinski definition) is 9. The van der Waals surface area contributed by atoms with Gasteiger partial charge in [-0.3, -0.25) is 4.79 Å². The first-order chi connectivity index (χ1) is 30.5. The normalized spacial score (nSPS) is 13.3. The molecule has 0 spiro atoms. The Bertz CT molecular complexity index is 965. The molecule has 0 aliphatic heterocycles. The Morgan fingerprint density at radius 3 is 1.52 bits per heavy atom. The highest BCUT2D eigenvalue weighted by atomic mass is 32.2. The molecular formula is C52H109NO7SSi2. The number of carbonyl (C=O) groups is 1. The zero-order valence-electron chi connectivity index (χ0n) is 43.4. The number of aliphatic hydroxyl groups is 1. The maximum atomic E-state index is 13.0. The number of unbranched alkanes of at least 4 members (excludes halogenated alkanes) is 24. The van der Waals surface area contributed by atoms with Crippen LogP contribution < -0.4 is 0 Å². The summed E-state index contributed by atoms with van der Waals surface area (Å²) in [5.74, 6) is 1.08. The molecule has 0 rings (SSSR count). The van der Waals surface area contributed by atoms with Crippen molar-refractivity contribution in [2.45, 2.75) is 277 Å². The maximum Gasteiger partial charge on any atom is 0.324 e. The fourth-order valence-electron chi connectivity index (χ4n) is 8.22. The van der Waals surface area contributed by atoms with Crippen molar-refractivity contribution in [3.63, 3.8) is 0 Å². The summed E-state index contributed by atoms with van der Waals surface area (Å²) in [6, 6.07) is 0. The van der Waals surface area contributed by atoms with Crippen LogP contribution in [-0.4, -0.2) is 96.5 Å². The molecule has 0 amide bonds. The molecule has 1 N–H and O–H groups in total. The van der Waals surface area contributed by atoms with Crippen LogP contribution in [-0.2, 0) is 27.2 Å². The van der Waals surface area contributed by atoms with Crippen molar-refractivity contribution in [1.29, 1.82) is 0 Å². The quantitative estimate of drug-likeness (QED) is 0.0277. The third-order valence-corrected chi connectivity index (χ3v) is 19.0. The van der Waals surface area contributed by atoms with Gasteiger partial charge in [0, 0.05) is 19.8 Å². The fourth-order valence-corrected chi connectivity index (χ4v) is 16.0. The molecule has 0 heterocycles. The number of thioether (sulfide) groups is 1. The topological polar surface area (TPSA) is 86.7 Å². The predicted molar refractivity (Wildman–Crippen MR) is 279 cm³/mol. The lowest BCUT2D eigenvalue weighted by molar-refractivity contribution is -0.143. The zero-order valence-corrected chi connectivity index (χ0v) is 46.2. The molecule has 0 aliphatic rings. The summed E-state index contributed by atoms with van der Waals surface area (Å²) in [5, 5.41) is 9.45. The van der Waals surface area contributed by atoms with Gasteiger partial charge in [-0.2, -0.15) is 0 Å². The number of hydrogen-bond donors (Lipinski definition) is 1. The second-order valence-corrected chi connectivity index (χ2v) is 27.6. The third kappa shape index (κ3) is 43.1. The van der Waals surface area contributed by atoms with Gasteiger partial charge >= 0.3 is 23.1 Å². The van der Waals surface area contributed by atoms with Crippen LogP contribution in [0.15, 0.2) is 0 Å². The summed E-state index contributed by atoms with van der Waals surface area (Å²) in [4.78, 5) is 15.6. The minimum atomic E-state index is -2.48. The van der Waals surface area contributed by atoms with Crippen molar-refractivity contribution in [2.24, 2.45) is 0 Å². The zero-order chi connectivity index (χ0) is 46.5. The molecule has 0 aromatic heterocycles. The van der Waals surface area contributed by atoms with Gasteiger partial charge < -0.3 is 32.4 Å². The van der Waals surface area contributed by atoms with Gasteiger partial charge in [-0.25, -0.2) is 0 Å². The molecule has 0 fully saturated rings. The number of rotatable bonds is 51. The molecule has 0 bridgehead atoms. The van der Waals surface area contributed by atoms with E-state index in [0.29, 0.717) is 6.61 Å². The van der Waals surface area contributed by atoms with Gasteiger partial charge in [-0.1, -0.05) is 169 Å². The second-order valence-electron chi connectivity index (χ2n) is 19.4. The molecule has 8 nitrogen and oxygen atoms in total. The van der Waals surface area contributed by atoms with Gasteiger partial charge in [0.05, 0.1) is 6.61 Å². The molecule has 63 heavy (non-hydrogen) atoms. The monoisotopic (exact) mass is 948 g/mol. The summed E-state index contributed by atoms with van der Waals surface area (Å²) >= 11 is 1.83. The number of nitrogens with zero attached hydrogens (tertiary/aromatic N) is 1. The van der Waals surface area contributed by atoms with Crippen LogP contribution in [0.4, 0.5) is 0 Å². The molecule has 0 aliphatic carbocycles. The van der Waals surface area contributed by atoms with Crippen molar-refractivity contribution >= 4 is 34.9 Å². The van der Waals surface area contributed by atoms with Gasteiger partial charge in [0.1, 0.15) is 11.5 Å². The summed E-state index contributed by atoms with van der Waals surface area (Å²) in [5.41, 5.74) is 0. The Kier molecular flexibility index (Phi) is 45.8. The summed E-state index contributed by atoms with van der Waals surface area (Å²) in [7, 11) is -4.79. The summed E-state index contributed by atoms with van der Waals surface area (Å²) < 4.78 is 32.1. The van der Waals surface area contributed by atoms with Crippen molar-refractivity contribution < 1.29 is 32.3 Å². The van der Waals surface area contributed by atoms with Crippen molar-refractivity contribution in [1.82, 2.24) is 4.90 Å². The number of esters is 1. The van der Waals surface area contributed by atoms with E-state index in [0.717, 1.165) is 135 Å². The lowest BCUT2D eigenvalue weighted by atomic mass is 10.1. The average molecular weight is 949 g/mol. The van der Waals surface area contributed by atoms with Crippen LogP contribution in [0.5, 0.6) is 0 Å². The molecule has 0 saturated heterocycles. The van der Waals surface area contributed by atoms with Crippen LogP contribution in [0.3, 0.4) is 0 Å². The van der Waals surface area contributed by atoms with E-state index in [-0.39, 0.29) is 24.1 Å². The highest BCUT2D eigenvalue weighted by Gasteiger charge is 2.38. The van der Waals surface area contributed by atoms with E-state index in [9.17, 15) is 9.90 Å². The van der Waals surface area contributed by atoms with E-state index in [1.54, 1.807) is 0 Å². The first kappa shape index (κ1) is 63.0. The van der Waals surface area contributed by atoms with Crippen LogP contribution >= 0.6 is 11.8 Å². The van der Waals surface area contributed by atoms with E-state index in [1.165, 1.54) is 116 Å². The van der Waals surface area contributed by atoms with E-state index < -0.39 is 17.1 Å². The highest BCUT2D eigenvalue weighted by Crippen LogP contribution is 2.24. The number of carbonyl (C=O) groups excluding carboxylic acids is 1. The van der Waals surface area contributed by atoms with E-state index >= 15 is 0 Å². The van der Waals surface area contributed by atoms with Crippen molar-refractivity contribution in [3.05, 3.63) is 0 Å².